The average Bonchev–Trinajstić information content (AvgIpc) is 2.57. The van der Waals surface area contributed by atoms with Crippen LogP contribution in [0.25, 0.3) is 10.9 Å². The second kappa shape index (κ2) is 7.96. The van der Waals surface area contributed by atoms with Crippen LogP contribution in [0.3, 0.4) is 0 Å². The van der Waals surface area contributed by atoms with Crippen molar-refractivity contribution in [3.63, 3.8) is 0 Å². The predicted molar refractivity (Wildman–Crippen MR) is 94.0 cm³/mol. The van der Waals surface area contributed by atoms with E-state index in [4.69, 9.17) is 10.2 Å². The Kier molecular flexibility index (Phi) is 5.93. The van der Waals surface area contributed by atoms with E-state index in [1.54, 1.807) is 32.0 Å². The van der Waals surface area contributed by atoms with E-state index in [-0.39, 0.29) is 17.7 Å². The minimum absolute atomic E-state index is 0.0547. The molecule has 26 heavy (non-hydrogen) atoms. The minimum Gasteiger partial charge on any atom is -0.480 e. The van der Waals surface area contributed by atoms with Gasteiger partial charge in [-0.15, -0.1) is 0 Å². The summed E-state index contributed by atoms with van der Waals surface area (Å²) in [6.07, 6.45) is 0.144. The number of aliphatic hydroxyl groups is 1. The van der Waals surface area contributed by atoms with Crippen molar-refractivity contribution >= 4 is 22.8 Å². The van der Waals surface area contributed by atoms with Crippen molar-refractivity contribution in [2.45, 2.75) is 32.4 Å². The number of H-pyrrole nitrogens is 1. The molecule has 0 aliphatic heterocycles. The second-order valence-electron chi connectivity index (χ2n) is 6.38. The average molecular weight is 363 g/mol. The van der Waals surface area contributed by atoms with Crippen molar-refractivity contribution in [2.24, 2.45) is 5.92 Å². The first kappa shape index (κ1) is 19.4. The number of nitrogens with one attached hydrogen (secondary N) is 2. The van der Waals surface area contributed by atoms with Gasteiger partial charge in [0.05, 0.1) is 17.5 Å². The van der Waals surface area contributed by atoms with E-state index < -0.39 is 41.8 Å². The summed E-state index contributed by atoms with van der Waals surface area (Å²) in [7, 11) is 0. The molecule has 0 saturated heterocycles. The number of aliphatic hydroxyl groups excluding tert-OH is 1. The van der Waals surface area contributed by atoms with Crippen LogP contribution in [-0.2, 0) is 9.59 Å². The summed E-state index contributed by atoms with van der Waals surface area (Å²) in [6, 6.07) is 3.68. The molecule has 2 unspecified atom stereocenters. The van der Waals surface area contributed by atoms with Crippen LogP contribution in [0, 0.1) is 5.92 Å². The molecule has 0 aliphatic rings. The monoisotopic (exact) mass is 363 g/mol. The lowest BCUT2D eigenvalue weighted by molar-refractivity contribution is -0.143. The molecular formula is C17H21N3O6. The zero-order valence-electron chi connectivity index (χ0n) is 14.4. The summed E-state index contributed by atoms with van der Waals surface area (Å²) in [5, 5.41) is 20.5. The molecule has 0 fully saturated rings. The number of amides is 1. The van der Waals surface area contributed by atoms with E-state index in [1.807, 2.05) is 0 Å². The molecule has 140 valence electrons. The molecule has 9 nitrogen and oxygen atoms in total. The number of aromatic amines is 1. The number of rotatable bonds is 7. The van der Waals surface area contributed by atoms with E-state index in [2.05, 4.69) is 10.3 Å². The Hall–Kier alpha value is -2.94. The summed E-state index contributed by atoms with van der Waals surface area (Å²) >= 11 is 0. The maximum atomic E-state index is 12.8. The van der Waals surface area contributed by atoms with Gasteiger partial charge in [-0.2, -0.15) is 0 Å². The Morgan fingerprint density at radius 3 is 2.46 bits per heavy atom. The van der Waals surface area contributed by atoms with Crippen molar-refractivity contribution in [3.8, 4) is 0 Å². The first-order valence-corrected chi connectivity index (χ1v) is 8.13. The maximum absolute atomic E-state index is 12.8. The molecule has 0 bridgehead atoms. The van der Waals surface area contributed by atoms with Gasteiger partial charge in [0, 0.05) is 0 Å². The number of carbonyl (C=O) groups excluding carboxylic acids is 1. The van der Waals surface area contributed by atoms with Crippen LogP contribution in [0.5, 0.6) is 0 Å². The van der Waals surface area contributed by atoms with Crippen LogP contribution in [0.2, 0.25) is 0 Å². The Bertz CT molecular complexity index is 930. The molecule has 4 N–H and O–H groups in total. The number of nitrogens with zero attached hydrogens (tertiary/aromatic N) is 1. The number of para-hydroxylation sites is 1. The number of benzene rings is 1. The van der Waals surface area contributed by atoms with Gasteiger partial charge in [-0.25, -0.2) is 14.2 Å². The number of carboxylic acids is 1. The van der Waals surface area contributed by atoms with Crippen LogP contribution >= 0.6 is 0 Å². The number of hydrogen-bond acceptors (Lipinski definition) is 5. The standard InChI is InChI=1S/C17H21N3O6/c1-9(2)7-13(14(22)18-12(8-21)16(24)25)20-15(23)10-5-3-4-6-11(10)19-17(20)26/h3-6,9,12-13,21H,7-8H2,1-2H3,(H,18,22)(H,19,26)(H,24,25). The molecule has 1 aromatic heterocycles. The van der Waals surface area contributed by atoms with E-state index in [0.29, 0.717) is 5.52 Å². The molecule has 0 aliphatic carbocycles. The summed E-state index contributed by atoms with van der Waals surface area (Å²) in [5.41, 5.74) is -1.05. The van der Waals surface area contributed by atoms with Crippen LogP contribution < -0.4 is 16.6 Å². The van der Waals surface area contributed by atoms with E-state index in [1.165, 1.54) is 6.07 Å². The molecule has 1 amide bonds. The first-order chi connectivity index (χ1) is 12.3. The van der Waals surface area contributed by atoms with Gasteiger partial charge in [0.15, 0.2) is 0 Å². The van der Waals surface area contributed by atoms with Gasteiger partial charge in [-0.05, 0) is 24.5 Å². The zero-order chi connectivity index (χ0) is 19.4. The molecule has 1 heterocycles. The van der Waals surface area contributed by atoms with Gasteiger partial charge in [0.2, 0.25) is 5.91 Å². The number of carbonyl (C=O) groups is 2. The van der Waals surface area contributed by atoms with Gasteiger partial charge in [0.1, 0.15) is 12.1 Å². The predicted octanol–water partition coefficient (Wildman–Crippen LogP) is -0.161. The fourth-order valence-corrected chi connectivity index (χ4v) is 2.69. The molecule has 1 aromatic carbocycles. The van der Waals surface area contributed by atoms with E-state index in [9.17, 15) is 19.2 Å². The molecule has 0 spiro atoms. The molecule has 0 saturated carbocycles. The molecule has 2 rings (SSSR count). The van der Waals surface area contributed by atoms with Crippen molar-refractivity contribution in [1.29, 1.82) is 0 Å². The number of fused-ring (bicyclic) bond motifs is 1. The normalized spacial score (nSPS) is 13.5. The van der Waals surface area contributed by atoms with Crippen molar-refractivity contribution in [1.82, 2.24) is 14.9 Å². The molecule has 2 atom stereocenters. The highest BCUT2D eigenvalue weighted by Crippen LogP contribution is 2.16. The third-order valence-corrected chi connectivity index (χ3v) is 3.94. The quantitative estimate of drug-likeness (QED) is 0.538. The van der Waals surface area contributed by atoms with Gasteiger partial charge >= 0.3 is 11.7 Å². The van der Waals surface area contributed by atoms with Crippen LogP contribution in [0.1, 0.15) is 26.3 Å². The van der Waals surface area contributed by atoms with E-state index in [0.717, 1.165) is 4.57 Å². The van der Waals surface area contributed by atoms with Gasteiger partial charge in [0.25, 0.3) is 5.56 Å². The minimum atomic E-state index is -1.52. The lowest BCUT2D eigenvalue weighted by atomic mass is 10.0. The van der Waals surface area contributed by atoms with Crippen LogP contribution in [0.15, 0.2) is 33.9 Å². The largest absolute Gasteiger partial charge is 0.480 e. The fourth-order valence-electron chi connectivity index (χ4n) is 2.69. The third kappa shape index (κ3) is 3.99. The van der Waals surface area contributed by atoms with Crippen molar-refractivity contribution in [2.75, 3.05) is 6.61 Å². The third-order valence-electron chi connectivity index (χ3n) is 3.94. The Morgan fingerprint density at radius 1 is 1.23 bits per heavy atom. The SMILES string of the molecule is CC(C)CC(C(=O)NC(CO)C(=O)O)n1c(=O)[nH]c2ccccc2c1=O. The fraction of sp³-hybridized carbons (Fsp3) is 0.412. The topological polar surface area (TPSA) is 141 Å². The molecule has 9 heteroatoms. The lowest BCUT2D eigenvalue weighted by Gasteiger charge is -2.22. The second-order valence-corrected chi connectivity index (χ2v) is 6.38. The summed E-state index contributed by atoms with van der Waals surface area (Å²) in [6.45, 7) is 2.81. The van der Waals surface area contributed by atoms with E-state index >= 15 is 0 Å². The van der Waals surface area contributed by atoms with Gasteiger partial charge in [-0.1, -0.05) is 26.0 Å². The number of aliphatic carboxylic acids is 1. The Balaban J connectivity index is 2.55. The molecule has 0 radical (unpaired) electrons. The Labute approximate surface area is 148 Å². The Morgan fingerprint density at radius 2 is 1.88 bits per heavy atom. The van der Waals surface area contributed by atoms with Crippen molar-refractivity contribution in [3.05, 3.63) is 45.1 Å². The number of hydrogen-bond donors (Lipinski definition) is 4. The number of carboxylic acid groups (broad SMARTS) is 1. The van der Waals surface area contributed by atoms with Crippen LogP contribution in [0.4, 0.5) is 0 Å². The molecule has 2 aromatic rings. The van der Waals surface area contributed by atoms with Crippen molar-refractivity contribution < 1.29 is 19.8 Å². The number of aromatic nitrogens is 2. The highest BCUT2D eigenvalue weighted by molar-refractivity contribution is 5.86. The molecular weight excluding hydrogens is 342 g/mol. The highest BCUT2D eigenvalue weighted by Gasteiger charge is 2.29. The lowest BCUT2D eigenvalue weighted by Crippen LogP contribution is -2.50. The van der Waals surface area contributed by atoms with Gasteiger partial charge < -0.3 is 20.5 Å². The summed E-state index contributed by atoms with van der Waals surface area (Å²) < 4.78 is 0.800. The summed E-state index contributed by atoms with van der Waals surface area (Å²) in [5.74, 6) is -2.28. The smallest absolute Gasteiger partial charge is 0.329 e. The van der Waals surface area contributed by atoms with Gasteiger partial charge in [-0.3, -0.25) is 9.59 Å². The highest BCUT2D eigenvalue weighted by atomic mass is 16.4. The zero-order valence-corrected chi connectivity index (χ0v) is 14.4. The summed E-state index contributed by atoms with van der Waals surface area (Å²) in [4.78, 5) is 51.4. The first-order valence-electron chi connectivity index (χ1n) is 8.13. The van der Waals surface area contributed by atoms with Crippen LogP contribution in [-0.4, -0.2) is 44.3 Å². The maximum Gasteiger partial charge on any atom is 0.329 e.